The minimum Gasteiger partial charge on any atom is -0.489 e. The Morgan fingerprint density at radius 1 is 1.00 bits per heavy atom. The van der Waals surface area contributed by atoms with E-state index in [9.17, 15) is 18.3 Å². The second-order valence-corrected chi connectivity index (χ2v) is 10.6. The van der Waals surface area contributed by atoms with Crippen LogP contribution in [0.15, 0.2) is 73.1 Å². The van der Waals surface area contributed by atoms with E-state index in [-0.39, 0.29) is 17.9 Å². The van der Waals surface area contributed by atoms with E-state index in [4.69, 9.17) is 9.47 Å². The minimum atomic E-state index is -4.40. The summed E-state index contributed by atoms with van der Waals surface area (Å²) in [4.78, 5) is 4.14. The van der Waals surface area contributed by atoms with Gasteiger partial charge >= 0.3 is 6.18 Å². The third kappa shape index (κ3) is 5.99. The fourth-order valence-electron chi connectivity index (χ4n) is 6.26. The number of pyridine rings is 1. The fraction of sp³-hybridized carbons (Fsp3) is 0.433. The molecule has 1 saturated carbocycles. The van der Waals surface area contributed by atoms with Gasteiger partial charge in [-0.25, -0.2) is 0 Å². The van der Waals surface area contributed by atoms with Gasteiger partial charge in [0.15, 0.2) is 0 Å². The van der Waals surface area contributed by atoms with Crippen molar-refractivity contribution in [3.05, 3.63) is 95.3 Å². The van der Waals surface area contributed by atoms with Gasteiger partial charge < -0.3 is 14.6 Å². The molecule has 7 heteroatoms. The molecule has 1 N–H and O–H groups in total. The molecular formula is C30H32F3NO3. The van der Waals surface area contributed by atoms with Crippen LogP contribution in [0, 0.1) is 5.92 Å². The first-order valence-corrected chi connectivity index (χ1v) is 12.8. The quantitative estimate of drug-likeness (QED) is 0.391. The van der Waals surface area contributed by atoms with Crippen LogP contribution in [0.3, 0.4) is 0 Å². The Morgan fingerprint density at radius 3 is 2.57 bits per heavy atom. The summed E-state index contributed by atoms with van der Waals surface area (Å²) in [5.41, 5.74) is 3.28. The third-order valence-corrected chi connectivity index (χ3v) is 7.95. The molecule has 0 radical (unpaired) electrons. The van der Waals surface area contributed by atoms with Crippen LogP contribution >= 0.6 is 0 Å². The molecule has 2 aliphatic rings. The van der Waals surface area contributed by atoms with Gasteiger partial charge in [-0.15, -0.1) is 0 Å². The zero-order chi connectivity index (χ0) is 25.9. The van der Waals surface area contributed by atoms with Crippen LogP contribution in [0.1, 0.15) is 47.9 Å². The predicted molar refractivity (Wildman–Crippen MR) is 134 cm³/mol. The number of benzene rings is 2. The van der Waals surface area contributed by atoms with Crippen molar-refractivity contribution in [1.29, 1.82) is 0 Å². The first-order valence-electron chi connectivity index (χ1n) is 12.8. The van der Waals surface area contributed by atoms with Gasteiger partial charge in [0, 0.05) is 23.4 Å². The van der Waals surface area contributed by atoms with Crippen molar-refractivity contribution < 1.29 is 27.8 Å². The van der Waals surface area contributed by atoms with Gasteiger partial charge in [0.25, 0.3) is 0 Å². The number of halogens is 3. The second kappa shape index (κ2) is 10.5. The number of ether oxygens (including phenoxy) is 2. The Kier molecular flexibility index (Phi) is 7.28. The van der Waals surface area contributed by atoms with Gasteiger partial charge in [-0.1, -0.05) is 42.5 Å². The molecule has 0 spiro atoms. The van der Waals surface area contributed by atoms with Crippen molar-refractivity contribution in [2.24, 2.45) is 5.92 Å². The SMILES string of the molecule is O[C@]1(COCC(F)(F)F)CC[C@@]2(Cc3ccccc3)c3ccc(OCc4cccnc4)cc3CC[C@@H]2C1. The van der Waals surface area contributed by atoms with Crippen molar-refractivity contribution in [3.8, 4) is 5.75 Å². The van der Waals surface area contributed by atoms with E-state index in [1.807, 2.05) is 36.4 Å². The Morgan fingerprint density at radius 2 is 1.81 bits per heavy atom. The van der Waals surface area contributed by atoms with Gasteiger partial charge in [0.1, 0.15) is 19.0 Å². The summed E-state index contributed by atoms with van der Waals surface area (Å²) in [5, 5.41) is 11.2. The third-order valence-electron chi connectivity index (χ3n) is 7.95. The molecule has 2 aliphatic carbocycles. The number of fused-ring (bicyclic) bond motifs is 3. The lowest BCUT2D eigenvalue weighted by molar-refractivity contribution is -0.192. The summed E-state index contributed by atoms with van der Waals surface area (Å²) in [7, 11) is 0. The lowest BCUT2D eigenvalue weighted by atomic mass is 9.52. The van der Waals surface area contributed by atoms with Gasteiger partial charge in [-0.3, -0.25) is 4.98 Å². The number of nitrogens with zero attached hydrogens (tertiary/aromatic N) is 1. The standard InChI is InChI=1S/C30H32F3NO3/c31-30(32,33)21-36-20-28(35)12-13-29(16-22-5-2-1-3-6-22)25(17-28)9-8-24-15-26(10-11-27(24)29)37-19-23-7-4-14-34-18-23/h1-7,10-11,14-15,18,25,35H,8-9,12-13,16-17,19-21H2/t25-,28-,29+/m1/s1. The van der Waals surface area contributed by atoms with Crippen LogP contribution in [0.2, 0.25) is 0 Å². The van der Waals surface area contributed by atoms with E-state index >= 15 is 0 Å². The molecule has 1 aromatic heterocycles. The number of rotatable bonds is 8. The second-order valence-electron chi connectivity index (χ2n) is 10.6. The van der Waals surface area contributed by atoms with Crippen molar-refractivity contribution >= 4 is 0 Å². The highest BCUT2D eigenvalue weighted by molar-refractivity contribution is 5.45. The summed E-state index contributed by atoms with van der Waals surface area (Å²) in [6.07, 6.45) is 3.14. The number of aromatic nitrogens is 1. The molecule has 5 rings (SSSR count). The molecule has 1 fully saturated rings. The monoisotopic (exact) mass is 511 g/mol. The molecule has 3 aromatic rings. The summed E-state index contributed by atoms with van der Waals surface area (Å²) in [6, 6.07) is 20.5. The molecule has 0 bridgehead atoms. The van der Waals surface area contributed by atoms with Gasteiger partial charge in [-0.05, 0) is 79.3 Å². The van der Waals surface area contributed by atoms with Crippen LogP contribution in [-0.4, -0.2) is 35.1 Å². The molecule has 1 heterocycles. The van der Waals surface area contributed by atoms with Gasteiger partial charge in [-0.2, -0.15) is 13.2 Å². The Hall–Kier alpha value is -2.90. The maximum atomic E-state index is 12.6. The number of aryl methyl sites for hydroxylation is 1. The lowest BCUT2D eigenvalue weighted by Crippen LogP contribution is -2.53. The van der Waals surface area contributed by atoms with E-state index < -0.39 is 18.4 Å². The average Bonchev–Trinajstić information content (AvgIpc) is 2.88. The van der Waals surface area contributed by atoms with Gasteiger partial charge in [0.05, 0.1) is 12.2 Å². The highest BCUT2D eigenvalue weighted by Crippen LogP contribution is 2.54. The molecular weight excluding hydrogens is 479 g/mol. The molecule has 196 valence electrons. The van der Waals surface area contributed by atoms with Crippen LogP contribution in [-0.2, 0) is 29.6 Å². The maximum absolute atomic E-state index is 12.6. The number of aliphatic hydroxyl groups is 1. The predicted octanol–water partition coefficient (Wildman–Crippen LogP) is 6.20. The van der Waals surface area contributed by atoms with Crippen LogP contribution in [0.25, 0.3) is 0 Å². The molecule has 37 heavy (non-hydrogen) atoms. The van der Waals surface area contributed by atoms with E-state index in [2.05, 4.69) is 29.2 Å². The van der Waals surface area contributed by atoms with Crippen molar-refractivity contribution in [1.82, 2.24) is 4.98 Å². The highest BCUT2D eigenvalue weighted by Gasteiger charge is 2.51. The summed E-state index contributed by atoms with van der Waals surface area (Å²) >= 11 is 0. The molecule has 0 saturated heterocycles. The zero-order valence-corrected chi connectivity index (χ0v) is 20.7. The summed E-state index contributed by atoms with van der Waals surface area (Å²) < 4.78 is 48.9. The van der Waals surface area contributed by atoms with Crippen LogP contribution in [0.4, 0.5) is 13.2 Å². The Balaban J connectivity index is 1.39. The Bertz CT molecular complexity index is 1190. The smallest absolute Gasteiger partial charge is 0.411 e. The summed E-state index contributed by atoms with van der Waals surface area (Å²) in [6.45, 7) is -1.19. The van der Waals surface area contributed by atoms with Crippen molar-refractivity contribution in [2.75, 3.05) is 13.2 Å². The minimum absolute atomic E-state index is 0.135. The topological polar surface area (TPSA) is 51.6 Å². The van der Waals surface area contributed by atoms with Crippen molar-refractivity contribution in [2.45, 2.75) is 62.3 Å². The molecule has 2 aromatic carbocycles. The molecule has 3 atom stereocenters. The van der Waals surface area contributed by atoms with E-state index in [0.29, 0.717) is 25.9 Å². The number of alkyl halides is 3. The Labute approximate surface area is 215 Å². The largest absolute Gasteiger partial charge is 0.489 e. The highest BCUT2D eigenvalue weighted by atomic mass is 19.4. The fourth-order valence-corrected chi connectivity index (χ4v) is 6.26. The van der Waals surface area contributed by atoms with E-state index in [1.165, 1.54) is 16.7 Å². The number of hydrogen-bond acceptors (Lipinski definition) is 4. The maximum Gasteiger partial charge on any atom is 0.411 e. The normalized spacial score (nSPS) is 25.2. The van der Waals surface area contributed by atoms with Crippen molar-refractivity contribution in [3.63, 3.8) is 0 Å². The molecule has 4 nitrogen and oxygen atoms in total. The van der Waals surface area contributed by atoms with E-state index in [0.717, 1.165) is 30.6 Å². The molecule has 0 amide bonds. The van der Waals surface area contributed by atoms with Gasteiger partial charge in [0.2, 0.25) is 0 Å². The molecule has 0 aliphatic heterocycles. The lowest BCUT2D eigenvalue weighted by Gasteiger charge is -2.53. The average molecular weight is 512 g/mol. The first kappa shape index (κ1) is 25.7. The van der Waals surface area contributed by atoms with Crippen LogP contribution < -0.4 is 4.74 Å². The number of hydrogen-bond donors (Lipinski definition) is 1. The van der Waals surface area contributed by atoms with E-state index in [1.54, 1.807) is 12.4 Å². The first-order chi connectivity index (χ1) is 17.7. The summed E-state index contributed by atoms with van der Waals surface area (Å²) in [5.74, 6) is 0.944. The zero-order valence-electron chi connectivity index (χ0n) is 20.7. The van der Waals surface area contributed by atoms with Crippen LogP contribution in [0.5, 0.6) is 5.75 Å². The molecule has 0 unspecified atom stereocenters.